The summed E-state index contributed by atoms with van der Waals surface area (Å²) < 4.78 is 0. The van der Waals surface area contributed by atoms with Crippen molar-refractivity contribution in [3.8, 4) is 11.1 Å². The molecule has 1 aliphatic heterocycles. The Kier molecular flexibility index (Phi) is 6.47. The molecule has 1 saturated heterocycles. The van der Waals surface area contributed by atoms with E-state index >= 15 is 0 Å². The van der Waals surface area contributed by atoms with Crippen LogP contribution < -0.4 is 5.73 Å². The minimum atomic E-state index is -1.36. The van der Waals surface area contributed by atoms with Crippen molar-refractivity contribution in [1.82, 2.24) is 9.88 Å². The van der Waals surface area contributed by atoms with Gasteiger partial charge in [0, 0.05) is 30.8 Å². The topological polar surface area (TPSA) is 118 Å². The number of pyridine rings is 1. The predicted octanol–water partition coefficient (Wildman–Crippen LogP) is 2.91. The molecule has 1 aliphatic carbocycles. The average Bonchev–Trinajstić information content (AvgIpc) is 3.18. The average molecular weight is 451 g/mol. The number of rotatable bonds is 6. The SMILES string of the molecule is CON=C1CN(C(=O)c2ccc(-c3cccnc3)cc2)C(CC2(O)CCCCC2)(C(N)=O)C1. The molecule has 2 heterocycles. The number of carbonyl (C=O) groups is 2. The second kappa shape index (κ2) is 9.31. The molecule has 2 amide bonds. The van der Waals surface area contributed by atoms with Crippen molar-refractivity contribution in [2.75, 3.05) is 13.7 Å². The minimum absolute atomic E-state index is 0.0948. The van der Waals surface area contributed by atoms with Crippen LogP contribution in [0.4, 0.5) is 0 Å². The molecule has 2 fully saturated rings. The number of aromatic nitrogens is 1. The highest BCUT2D eigenvalue weighted by Crippen LogP contribution is 2.42. The number of primary amides is 1. The molecule has 0 spiro atoms. The molecule has 33 heavy (non-hydrogen) atoms. The Morgan fingerprint density at radius 2 is 1.88 bits per heavy atom. The molecular weight excluding hydrogens is 420 g/mol. The third kappa shape index (κ3) is 4.61. The summed E-state index contributed by atoms with van der Waals surface area (Å²) in [5.41, 5.74) is 6.38. The van der Waals surface area contributed by atoms with Crippen LogP contribution >= 0.6 is 0 Å². The Morgan fingerprint density at radius 1 is 1.15 bits per heavy atom. The third-order valence-corrected chi connectivity index (χ3v) is 6.81. The first-order valence-electron chi connectivity index (χ1n) is 11.3. The van der Waals surface area contributed by atoms with Crippen LogP contribution in [-0.4, -0.2) is 57.3 Å². The predicted molar refractivity (Wildman–Crippen MR) is 124 cm³/mol. The minimum Gasteiger partial charge on any atom is -0.399 e. The van der Waals surface area contributed by atoms with Crippen molar-refractivity contribution < 1.29 is 19.5 Å². The van der Waals surface area contributed by atoms with Gasteiger partial charge in [-0.3, -0.25) is 14.6 Å². The van der Waals surface area contributed by atoms with Gasteiger partial charge in [-0.05, 0) is 42.2 Å². The Morgan fingerprint density at radius 3 is 2.48 bits per heavy atom. The molecule has 0 radical (unpaired) electrons. The highest BCUT2D eigenvalue weighted by molar-refractivity contribution is 6.07. The molecule has 1 aromatic heterocycles. The van der Waals surface area contributed by atoms with E-state index in [1.807, 2.05) is 24.3 Å². The van der Waals surface area contributed by atoms with Gasteiger partial charge in [-0.15, -0.1) is 0 Å². The molecule has 174 valence electrons. The number of nitrogens with zero attached hydrogens (tertiary/aromatic N) is 3. The maximum absolute atomic E-state index is 13.6. The Hall–Kier alpha value is -3.26. The monoisotopic (exact) mass is 450 g/mol. The van der Waals surface area contributed by atoms with Crippen LogP contribution in [-0.2, 0) is 9.63 Å². The first-order chi connectivity index (χ1) is 15.9. The maximum atomic E-state index is 13.6. The molecule has 1 saturated carbocycles. The van der Waals surface area contributed by atoms with Crippen LogP contribution in [0.2, 0.25) is 0 Å². The zero-order valence-corrected chi connectivity index (χ0v) is 18.9. The fourth-order valence-electron chi connectivity index (χ4n) is 5.17. The first kappa shape index (κ1) is 22.9. The fourth-order valence-corrected chi connectivity index (χ4v) is 5.17. The molecule has 4 rings (SSSR count). The van der Waals surface area contributed by atoms with Crippen molar-refractivity contribution in [3.63, 3.8) is 0 Å². The summed E-state index contributed by atoms with van der Waals surface area (Å²) in [6.07, 6.45) is 7.69. The number of oxime groups is 1. The Bertz CT molecular complexity index is 1030. The first-order valence-corrected chi connectivity index (χ1v) is 11.3. The fraction of sp³-hybridized carbons (Fsp3) is 0.440. The van der Waals surface area contributed by atoms with E-state index in [2.05, 4.69) is 10.1 Å². The van der Waals surface area contributed by atoms with Crippen LogP contribution in [0.5, 0.6) is 0 Å². The van der Waals surface area contributed by atoms with Gasteiger partial charge in [-0.25, -0.2) is 0 Å². The number of benzene rings is 1. The van der Waals surface area contributed by atoms with Crippen LogP contribution in [0, 0.1) is 0 Å². The largest absolute Gasteiger partial charge is 0.399 e. The molecule has 8 nitrogen and oxygen atoms in total. The summed E-state index contributed by atoms with van der Waals surface area (Å²) in [4.78, 5) is 37.1. The van der Waals surface area contributed by atoms with Gasteiger partial charge in [0.25, 0.3) is 5.91 Å². The van der Waals surface area contributed by atoms with Crippen LogP contribution in [0.25, 0.3) is 11.1 Å². The molecule has 1 atom stereocenters. The van der Waals surface area contributed by atoms with Gasteiger partial charge in [0.2, 0.25) is 5.91 Å². The standard InChI is InChI=1S/C25H30N4O4/c1-33-28-21-14-25(23(26)31,17-24(32)11-3-2-4-12-24)29(16-21)22(30)19-9-7-18(8-10-19)20-6-5-13-27-15-20/h5-10,13,15,32H,2-4,11-12,14,16-17H2,1H3,(H2,26,31). The quantitative estimate of drug-likeness (QED) is 0.656. The number of hydrogen-bond acceptors (Lipinski definition) is 6. The Balaban J connectivity index is 1.67. The van der Waals surface area contributed by atoms with Crippen molar-refractivity contribution in [2.24, 2.45) is 10.9 Å². The summed E-state index contributed by atoms with van der Waals surface area (Å²) in [6.45, 7) is 0.121. The van der Waals surface area contributed by atoms with E-state index in [1.165, 1.54) is 12.0 Å². The molecule has 1 aromatic carbocycles. The molecule has 2 aliphatic rings. The molecule has 8 heteroatoms. The van der Waals surface area contributed by atoms with Crippen LogP contribution in [0.1, 0.15) is 55.3 Å². The lowest BCUT2D eigenvalue weighted by Crippen LogP contribution is -2.59. The van der Waals surface area contributed by atoms with Crippen LogP contribution in [0.15, 0.2) is 53.9 Å². The van der Waals surface area contributed by atoms with Crippen LogP contribution in [0.3, 0.4) is 0 Å². The number of aliphatic hydroxyl groups is 1. The smallest absolute Gasteiger partial charge is 0.255 e. The molecular formula is C25H30N4O4. The molecule has 0 bridgehead atoms. The van der Waals surface area contributed by atoms with Gasteiger partial charge < -0.3 is 20.6 Å². The summed E-state index contributed by atoms with van der Waals surface area (Å²) >= 11 is 0. The Labute approximate surface area is 193 Å². The number of amides is 2. The van der Waals surface area contributed by atoms with Gasteiger partial charge in [0.1, 0.15) is 12.6 Å². The van der Waals surface area contributed by atoms with E-state index < -0.39 is 17.0 Å². The van der Waals surface area contributed by atoms with E-state index in [0.717, 1.165) is 30.4 Å². The normalized spacial score (nSPS) is 23.5. The van der Waals surface area contributed by atoms with Crippen molar-refractivity contribution in [1.29, 1.82) is 0 Å². The lowest BCUT2D eigenvalue weighted by Gasteiger charge is -2.43. The van der Waals surface area contributed by atoms with Crippen molar-refractivity contribution >= 4 is 17.5 Å². The third-order valence-electron chi connectivity index (χ3n) is 6.81. The maximum Gasteiger partial charge on any atom is 0.255 e. The molecule has 2 aromatic rings. The van der Waals surface area contributed by atoms with E-state index in [4.69, 9.17) is 10.6 Å². The van der Waals surface area contributed by atoms with Gasteiger partial charge in [0.05, 0.1) is 17.9 Å². The van der Waals surface area contributed by atoms with Gasteiger partial charge in [-0.1, -0.05) is 42.6 Å². The van der Waals surface area contributed by atoms with E-state index in [9.17, 15) is 14.7 Å². The van der Waals surface area contributed by atoms with E-state index in [-0.39, 0.29) is 25.3 Å². The zero-order chi connectivity index (χ0) is 23.5. The van der Waals surface area contributed by atoms with Gasteiger partial charge >= 0.3 is 0 Å². The highest BCUT2D eigenvalue weighted by Gasteiger charge is 2.55. The number of carbonyl (C=O) groups excluding carboxylic acids is 2. The number of hydrogen-bond donors (Lipinski definition) is 2. The van der Waals surface area contributed by atoms with Gasteiger partial charge in [-0.2, -0.15) is 0 Å². The molecule has 1 unspecified atom stereocenters. The van der Waals surface area contributed by atoms with Gasteiger partial charge in [0.15, 0.2) is 0 Å². The number of nitrogens with two attached hydrogens (primary N) is 1. The zero-order valence-electron chi connectivity index (χ0n) is 18.9. The van der Waals surface area contributed by atoms with Crippen molar-refractivity contribution in [3.05, 3.63) is 54.4 Å². The lowest BCUT2D eigenvalue weighted by molar-refractivity contribution is -0.132. The highest BCUT2D eigenvalue weighted by atomic mass is 16.6. The van der Waals surface area contributed by atoms with E-state index in [0.29, 0.717) is 24.1 Å². The second-order valence-corrected chi connectivity index (χ2v) is 9.08. The summed E-state index contributed by atoms with van der Waals surface area (Å²) in [5, 5.41) is 15.3. The van der Waals surface area contributed by atoms with E-state index in [1.54, 1.807) is 24.5 Å². The summed E-state index contributed by atoms with van der Waals surface area (Å²) in [6, 6.07) is 11.0. The van der Waals surface area contributed by atoms with Crippen molar-refractivity contribution in [2.45, 2.75) is 56.1 Å². The number of likely N-dealkylation sites (tertiary alicyclic amines) is 1. The summed E-state index contributed by atoms with van der Waals surface area (Å²) in [5.74, 6) is -0.963. The second-order valence-electron chi connectivity index (χ2n) is 9.08. The molecule has 3 N–H and O–H groups in total. The summed E-state index contributed by atoms with van der Waals surface area (Å²) in [7, 11) is 1.43. The lowest BCUT2D eigenvalue weighted by atomic mass is 9.74.